The van der Waals surface area contributed by atoms with E-state index < -0.39 is 6.10 Å². The van der Waals surface area contributed by atoms with Gasteiger partial charge >= 0.3 is 0 Å². The number of hydrogen-bond donors (Lipinski definition) is 2. The molecule has 0 spiro atoms. The summed E-state index contributed by atoms with van der Waals surface area (Å²) in [6.45, 7) is 0.389. The molecular formula is C20H17N3OS. The molecule has 25 heavy (non-hydrogen) atoms. The number of fused-ring (bicyclic) bond motifs is 1. The molecule has 4 aromatic rings. The van der Waals surface area contributed by atoms with Gasteiger partial charge in [-0.2, -0.15) is 0 Å². The van der Waals surface area contributed by atoms with Crippen molar-refractivity contribution in [1.29, 1.82) is 0 Å². The lowest BCUT2D eigenvalue weighted by Gasteiger charge is -2.13. The predicted octanol–water partition coefficient (Wildman–Crippen LogP) is 4.50. The first-order valence-electron chi connectivity index (χ1n) is 8.07. The van der Waals surface area contributed by atoms with E-state index in [9.17, 15) is 5.11 Å². The average Bonchev–Trinajstić information content (AvgIpc) is 3.12. The Morgan fingerprint density at radius 3 is 2.44 bits per heavy atom. The fourth-order valence-corrected chi connectivity index (χ4v) is 3.74. The van der Waals surface area contributed by atoms with E-state index in [1.165, 1.54) is 0 Å². The maximum Gasteiger partial charge on any atom is 0.138 e. The maximum absolute atomic E-state index is 10.4. The second-order valence-corrected chi connectivity index (χ2v) is 6.58. The van der Waals surface area contributed by atoms with E-state index in [0.717, 1.165) is 32.7 Å². The fraction of sp³-hybridized carbons (Fsp3) is 0.100. The van der Waals surface area contributed by atoms with Crippen LogP contribution in [0.3, 0.4) is 0 Å². The van der Waals surface area contributed by atoms with Gasteiger partial charge in [-0.1, -0.05) is 60.7 Å². The molecule has 0 radical (unpaired) electrons. The standard InChI is InChI=1S/C20H17N3OS/c24-17(15-9-5-2-6-10-15)11-21-19-18-16(14-7-3-1-4-8-14)12-25-20(18)23-13-22-19/h1-10,12-13,17,24H,11H2,(H,21,22,23)/t17-/m1/s1. The van der Waals surface area contributed by atoms with Crippen molar-refractivity contribution < 1.29 is 5.11 Å². The third kappa shape index (κ3) is 3.24. The zero-order valence-electron chi connectivity index (χ0n) is 13.5. The van der Waals surface area contributed by atoms with Gasteiger partial charge in [-0.3, -0.25) is 0 Å². The monoisotopic (exact) mass is 347 g/mol. The van der Waals surface area contributed by atoms with Crippen LogP contribution >= 0.6 is 11.3 Å². The van der Waals surface area contributed by atoms with Gasteiger partial charge < -0.3 is 10.4 Å². The quantitative estimate of drug-likeness (QED) is 0.558. The Labute approximate surface area is 149 Å². The first-order valence-corrected chi connectivity index (χ1v) is 8.95. The lowest BCUT2D eigenvalue weighted by atomic mass is 10.1. The zero-order valence-corrected chi connectivity index (χ0v) is 14.3. The first kappa shape index (κ1) is 15.7. The number of anilines is 1. The number of rotatable bonds is 5. The van der Waals surface area contributed by atoms with Crippen LogP contribution in [-0.2, 0) is 0 Å². The largest absolute Gasteiger partial charge is 0.387 e. The van der Waals surface area contributed by atoms with E-state index in [0.29, 0.717) is 6.54 Å². The third-order valence-corrected chi connectivity index (χ3v) is 4.99. The van der Waals surface area contributed by atoms with E-state index >= 15 is 0 Å². The zero-order chi connectivity index (χ0) is 17.1. The molecule has 0 unspecified atom stereocenters. The first-order chi connectivity index (χ1) is 12.3. The second kappa shape index (κ2) is 7.01. The molecular weight excluding hydrogens is 330 g/mol. The molecule has 0 aliphatic carbocycles. The molecule has 0 aliphatic heterocycles. The van der Waals surface area contributed by atoms with Gasteiger partial charge in [0.2, 0.25) is 0 Å². The summed E-state index contributed by atoms with van der Waals surface area (Å²) in [7, 11) is 0. The molecule has 0 bridgehead atoms. The molecule has 2 aromatic carbocycles. The molecule has 4 nitrogen and oxygen atoms in total. The topological polar surface area (TPSA) is 58.0 Å². The molecule has 124 valence electrons. The molecule has 0 aliphatic rings. The lowest BCUT2D eigenvalue weighted by Crippen LogP contribution is -2.13. The number of aromatic nitrogens is 2. The van der Waals surface area contributed by atoms with Crippen molar-refractivity contribution in [1.82, 2.24) is 9.97 Å². The van der Waals surface area contributed by atoms with Crippen LogP contribution in [0.2, 0.25) is 0 Å². The number of hydrogen-bond acceptors (Lipinski definition) is 5. The Morgan fingerprint density at radius 1 is 0.960 bits per heavy atom. The highest BCUT2D eigenvalue weighted by Gasteiger charge is 2.14. The summed E-state index contributed by atoms with van der Waals surface area (Å²) in [6, 6.07) is 19.8. The van der Waals surface area contributed by atoms with Gasteiger partial charge in [0.15, 0.2) is 0 Å². The highest BCUT2D eigenvalue weighted by molar-refractivity contribution is 7.17. The SMILES string of the molecule is O[C@H](CNc1ncnc2scc(-c3ccccc3)c12)c1ccccc1. The second-order valence-electron chi connectivity index (χ2n) is 5.73. The average molecular weight is 347 g/mol. The van der Waals surface area contributed by atoms with Gasteiger partial charge in [0.1, 0.15) is 17.0 Å². The minimum absolute atomic E-state index is 0.389. The molecule has 0 amide bonds. The van der Waals surface area contributed by atoms with Gasteiger partial charge in [-0.25, -0.2) is 9.97 Å². The Hall–Kier alpha value is -2.76. The van der Waals surface area contributed by atoms with Crippen LogP contribution in [0.25, 0.3) is 21.3 Å². The fourth-order valence-electron chi connectivity index (χ4n) is 2.83. The van der Waals surface area contributed by atoms with Crippen molar-refractivity contribution in [2.75, 3.05) is 11.9 Å². The van der Waals surface area contributed by atoms with Gasteiger partial charge in [-0.15, -0.1) is 11.3 Å². The number of thiophene rings is 1. The summed E-state index contributed by atoms with van der Waals surface area (Å²) >= 11 is 1.60. The van der Waals surface area contributed by atoms with Crippen LogP contribution < -0.4 is 5.32 Å². The Balaban J connectivity index is 1.65. The Kier molecular flexibility index (Phi) is 4.41. The Bertz CT molecular complexity index is 970. The van der Waals surface area contributed by atoms with E-state index in [1.54, 1.807) is 17.7 Å². The molecule has 4 rings (SSSR count). The van der Waals surface area contributed by atoms with Crippen molar-refractivity contribution in [2.45, 2.75) is 6.10 Å². The number of nitrogens with one attached hydrogen (secondary N) is 1. The van der Waals surface area contributed by atoms with E-state index in [1.807, 2.05) is 48.5 Å². The van der Waals surface area contributed by atoms with Gasteiger partial charge in [0, 0.05) is 17.5 Å². The molecule has 1 atom stereocenters. The van der Waals surface area contributed by atoms with E-state index in [2.05, 4.69) is 32.8 Å². The highest BCUT2D eigenvalue weighted by Crippen LogP contribution is 2.36. The highest BCUT2D eigenvalue weighted by atomic mass is 32.1. The predicted molar refractivity (Wildman–Crippen MR) is 103 cm³/mol. The number of benzene rings is 2. The third-order valence-electron chi connectivity index (χ3n) is 4.10. The van der Waals surface area contributed by atoms with Crippen LogP contribution in [0.15, 0.2) is 72.4 Å². The van der Waals surface area contributed by atoms with Gasteiger partial charge in [0.25, 0.3) is 0 Å². The van der Waals surface area contributed by atoms with Crippen molar-refractivity contribution >= 4 is 27.4 Å². The normalized spacial score (nSPS) is 12.2. The number of aliphatic hydroxyl groups is 1. The smallest absolute Gasteiger partial charge is 0.138 e. The van der Waals surface area contributed by atoms with E-state index in [-0.39, 0.29) is 0 Å². The maximum atomic E-state index is 10.4. The minimum Gasteiger partial charge on any atom is -0.387 e. The molecule has 2 heterocycles. The van der Waals surface area contributed by atoms with E-state index in [4.69, 9.17) is 0 Å². The summed E-state index contributed by atoms with van der Waals surface area (Å²) in [6.07, 6.45) is 0.968. The van der Waals surface area contributed by atoms with Crippen LogP contribution in [0, 0.1) is 0 Å². The molecule has 0 fully saturated rings. The van der Waals surface area contributed by atoms with Crippen LogP contribution in [0.4, 0.5) is 5.82 Å². The summed E-state index contributed by atoms with van der Waals surface area (Å²) in [5.74, 6) is 0.750. The van der Waals surface area contributed by atoms with Crippen LogP contribution in [-0.4, -0.2) is 21.6 Å². The molecule has 0 saturated carbocycles. The van der Waals surface area contributed by atoms with Crippen molar-refractivity contribution in [3.63, 3.8) is 0 Å². The van der Waals surface area contributed by atoms with Crippen LogP contribution in [0.5, 0.6) is 0 Å². The molecule has 2 aromatic heterocycles. The molecule has 2 N–H and O–H groups in total. The summed E-state index contributed by atoms with van der Waals surface area (Å²) in [4.78, 5) is 9.72. The Morgan fingerprint density at radius 2 is 1.68 bits per heavy atom. The summed E-state index contributed by atoms with van der Waals surface area (Å²) in [5.41, 5.74) is 3.13. The molecule has 5 heteroatoms. The summed E-state index contributed by atoms with van der Waals surface area (Å²) in [5, 5.41) is 16.8. The van der Waals surface area contributed by atoms with Crippen molar-refractivity contribution in [3.8, 4) is 11.1 Å². The lowest BCUT2D eigenvalue weighted by molar-refractivity contribution is 0.191. The minimum atomic E-state index is -0.593. The van der Waals surface area contributed by atoms with Crippen LogP contribution in [0.1, 0.15) is 11.7 Å². The molecule has 0 saturated heterocycles. The van der Waals surface area contributed by atoms with Gasteiger partial charge in [-0.05, 0) is 11.1 Å². The number of nitrogens with zero attached hydrogens (tertiary/aromatic N) is 2. The summed E-state index contributed by atoms with van der Waals surface area (Å²) < 4.78 is 0. The number of aliphatic hydroxyl groups excluding tert-OH is 1. The van der Waals surface area contributed by atoms with Gasteiger partial charge in [0.05, 0.1) is 11.5 Å². The van der Waals surface area contributed by atoms with Crippen molar-refractivity contribution in [3.05, 3.63) is 77.9 Å². The van der Waals surface area contributed by atoms with Crippen molar-refractivity contribution in [2.24, 2.45) is 0 Å².